The molecule has 0 amide bonds. The molecule has 1 atom stereocenters. The number of nitrogens with one attached hydrogen (secondary N) is 2. The molecular weight excluding hydrogens is 322 g/mol. The molecule has 2 rings (SSSR count). The van der Waals surface area contributed by atoms with Crippen LogP contribution in [-0.2, 0) is 26.6 Å². The van der Waals surface area contributed by atoms with Crippen molar-refractivity contribution in [2.45, 2.75) is 30.8 Å². The Morgan fingerprint density at radius 2 is 2.13 bits per heavy atom. The molecule has 2 heterocycles. The van der Waals surface area contributed by atoms with Crippen LogP contribution in [0.3, 0.4) is 0 Å². The standard InChI is InChI=1S/C13H19N5O4S/c1-8(2)12-14-7-10(16-12)23(20,21)17-11(13(19)22-4)9-5-6-15-18(9)3/h5-8,11,17H,1-4H3,(H,14,16). The number of rotatable bonds is 6. The van der Waals surface area contributed by atoms with Crippen molar-refractivity contribution in [3.8, 4) is 0 Å². The maximum atomic E-state index is 12.5. The van der Waals surface area contributed by atoms with E-state index < -0.39 is 22.0 Å². The summed E-state index contributed by atoms with van der Waals surface area (Å²) in [7, 11) is -1.19. The fourth-order valence-corrected chi connectivity index (χ4v) is 3.07. The maximum absolute atomic E-state index is 12.5. The summed E-state index contributed by atoms with van der Waals surface area (Å²) in [5.74, 6) is -0.145. The van der Waals surface area contributed by atoms with E-state index in [1.165, 1.54) is 30.3 Å². The molecule has 0 fully saturated rings. The average molecular weight is 341 g/mol. The first kappa shape index (κ1) is 17.2. The summed E-state index contributed by atoms with van der Waals surface area (Å²) < 4.78 is 33.4. The first-order valence-corrected chi connectivity index (χ1v) is 8.37. The third-order valence-electron chi connectivity index (χ3n) is 3.27. The Labute approximate surface area is 134 Å². The minimum atomic E-state index is -3.98. The second kappa shape index (κ2) is 6.50. The summed E-state index contributed by atoms with van der Waals surface area (Å²) in [5, 5.41) is 3.82. The van der Waals surface area contributed by atoms with Gasteiger partial charge in [-0.25, -0.2) is 18.2 Å². The Morgan fingerprint density at radius 3 is 2.61 bits per heavy atom. The van der Waals surface area contributed by atoms with E-state index in [1.54, 1.807) is 7.05 Å². The van der Waals surface area contributed by atoms with Crippen LogP contribution in [0.25, 0.3) is 0 Å². The van der Waals surface area contributed by atoms with Gasteiger partial charge in [0.1, 0.15) is 5.82 Å². The molecule has 9 nitrogen and oxygen atoms in total. The molecule has 23 heavy (non-hydrogen) atoms. The van der Waals surface area contributed by atoms with Gasteiger partial charge in [0.15, 0.2) is 11.1 Å². The zero-order valence-electron chi connectivity index (χ0n) is 13.3. The van der Waals surface area contributed by atoms with E-state index in [4.69, 9.17) is 0 Å². The SMILES string of the molecule is COC(=O)C(NS(=O)(=O)c1cnc(C(C)C)[nH]1)c1ccnn1C. The van der Waals surface area contributed by atoms with E-state index in [1.807, 2.05) is 13.8 Å². The fourth-order valence-electron chi connectivity index (χ4n) is 1.98. The average Bonchev–Trinajstić information content (AvgIpc) is 3.13. The number of H-pyrrole nitrogens is 1. The van der Waals surface area contributed by atoms with Crippen molar-refractivity contribution in [2.24, 2.45) is 7.05 Å². The molecule has 1 unspecified atom stereocenters. The Hall–Kier alpha value is -2.20. The van der Waals surface area contributed by atoms with Gasteiger partial charge in [0.2, 0.25) is 0 Å². The van der Waals surface area contributed by atoms with Crippen molar-refractivity contribution in [1.82, 2.24) is 24.5 Å². The lowest BCUT2D eigenvalue weighted by Crippen LogP contribution is -2.36. The predicted molar refractivity (Wildman–Crippen MR) is 81.0 cm³/mol. The van der Waals surface area contributed by atoms with E-state index >= 15 is 0 Å². The highest BCUT2D eigenvalue weighted by Crippen LogP contribution is 2.18. The molecule has 2 N–H and O–H groups in total. The molecule has 0 saturated heterocycles. The van der Waals surface area contributed by atoms with Gasteiger partial charge in [-0.2, -0.15) is 9.82 Å². The number of aryl methyl sites for hydroxylation is 1. The summed E-state index contributed by atoms with van der Waals surface area (Å²) in [5.41, 5.74) is 0.365. The van der Waals surface area contributed by atoms with Crippen LogP contribution in [0.4, 0.5) is 0 Å². The highest BCUT2D eigenvalue weighted by molar-refractivity contribution is 7.89. The third-order valence-corrected chi connectivity index (χ3v) is 4.61. The number of aromatic nitrogens is 4. The lowest BCUT2D eigenvalue weighted by atomic mass is 10.2. The van der Waals surface area contributed by atoms with Crippen molar-refractivity contribution in [3.63, 3.8) is 0 Å². The highest BCUT2D eigenvalue weighted by Gasteiger charge is 2.31. The van der Waals surface area contributed by atoms with Gasteiger partial charge in [-0.3, -0.25) is 4.68 Å². The maximum Gasteiger partial charge on any atom is 0.330 e. The summed E-state index contributed by atoms with van der Waals surface area (Å²) >= 11 is 0. The van der Waals surface area contributed by atoms with Crippen LogP contribution in [0.15, 0.2) is 23.5 Å². The van der Waals surface area contributed by atoms with Crippen LogP contribution in [0.2, 0.25) is 0 Å². The normalized spacial score (nSPS) is 13.3. The van der Waals surface area contributed by atoms with Crippen LogP contribution in [-0.4, -0.2) is 41.2 Å². The first-order chi connectivity index (χ1) is 10.8. The number of methoxy groups -OCH3 is 1. The van der Waals surface area contributed by atoms with E-state index in [-0.39, 0.29) is 10.9 Å². The number of hydrogen-bond donors (Lipinski definition) is 2. The molecule has 0 aliphatic carbocycles. The number of hydrogen-bond acceptors (Lipinski definition) is 6. The van der Waals surface area contributed by atoms with Gasteiger partial charge in [0.05, 0.1) is 19.0 Å². The van der Waals surface area contributed by atoms with Crippen molar-refractivity contribution < 1.29 is 17.9 Å². The lowest BCUT2D eigenvalue weighted by molar-refractivity contribution is -0.142. The van der Waals surface area contributed by atoms with Gasteiger partial charge >= 0.3 is 5.97 Å². The Kier molecular flexibility index (Phi) is 4.85. The summed E-state index contributed by atoms with van der Waals surface area (Å²) in [6.45, 7) is 3.77. The number of ether oxygens (including phenoxy) is 1. The molecule has 126 valence electrons. The monoisotopic (exact) mass is 341 g/mol. The van der Waals surface area contributed by atoms with Gasteiger partial charge in [-0.1, -0.05) is 13.8 Å². The molecule has 0 bridgehead atoms. The lowest BCUT2D eigenvalue weighted by Gasteiger charge is -2.16. The van der Waals surface area contributed by atoms with Gasteiger partial charge in [-0.05, 0) is 6.07 Å². The topological polar surface area (TPSA) is 119 Å². The van der Waals surface area contributed by atoms with Crippen LogP contribution in [0.1, 0.15) is 37.3 Å². The molecular formula is C13H19N5O4S. The fraction of sp³-hybridized carbons (Fsp3) is 0.462. The van der Waals surface area contributed by atoms with Crippen molar-refractivity contribution >= 4 is 16.0 Å². The Morgan fingerprint density at radius 1 is 1.43 bits per heavy atom. The second-order valence-electron chi connectivity index (χ2n) is 5.24. The largest absolute Gasteiger partial charge is 0.468 e. The Balaban J connectivity index is 2.34. The molecule has 10 heteroatoms. The van der Waals surface area contributed by atoms with E-state index in [0.717, 1.165) is 0 Å². The number of aromatic amines is 1. The van der Waals surface area contributed by atoms with Gasteiger partial charge in [-0.15, -0.1) is 0 Å². The van der Waals surface area contributed by atoms with Gasteiger partial charge in [0.25, 0.3) is 10.0 Å². The third kappa shape index (κ3) is 3.59. The molecule has 0 aliphatic heterocycles. The predicted octanol–water partition coefficient (Wildman–Crippen LogP) is 0.459. The molecule has 0 aliphatic rings. The van der Waals surface area contributed by atoms with Crippen molar-refractivity contribution in [3.05, 3.63) is 30.0 Å². The van der Waals surface area contributed by atoms with Crippen LogP contribution in [0.5, 0.6) is 0 Å². The number of carbonyl (C=O) groups excluding carboxylic acids is 1. The van der Waals surface area contributed by atoms with Gasteiger partial charge < -0.3 is 9.72 Å². The minimum absolute atomic E-state index is 0.0485. The number of carbonyl (C=O) groups is 1. The number of imidazole rings is 1. The molecule has 2 aromatic rings. The van der Waals surface area contributed by atoms with Gasteiger partial charge in [0, 0.05) is 19.2 Å². The zero-order chi connectivity index (χ0) is 17.2. The molecule has 2 aromatic heterocycles. The van der Waals surface area contributed by atoms with E-state index in [2.05, 4.69) is 24.5 Å². The van der Waals surface area contributed by atoms with Crippen molar-refractivity contribution in [2.75, 3.05) is 7.11 Å². The molecule has 0 spiro atoms. The van der Waals surface area contributed by atoms with Crippen molar-refractivity contribution in [1.29, 1.82) is 0 Å². The van der Waals surface area contributed by atoms with Crippen LogP contribution < -0.4 is 4.72 Å². The summed E-state index contributed by atoms with van der Waals surface area (Å²) in [6.07, 6.45) is 2.68. The zero-order valence-corrected chi connectivity index (χ0v) is 14.1. The highest BCUT2D eigenvalue weighted by atomic mass is 32.2. The summed E-state index contributed by atoms with van der Waals surface area (Å²) in [4.78, 5) is 18.7. The number of nitrogens with zero attached hydrogens (tertiary/aromatic N) is 3. The molecule has 0 saturated carbocycles. The number of esters is 1. The summed E-state index contributed by atoms with van der Waals surface area (Å²) in [6, 6.07) is 0.333. The van der Waals surface area contributed by atoms with E-state index in [9.17, 15) is 13.2 Å². The Bertz CT molecular complexity index is 793. The van der Waals surface area contributed by atoms with Crippen LogP contribution >= 0.6 is 0 Å². The van der Waals surface area contributed by atoms with Crippen LogP contribution in [0, 0.1) is 0 Å². The quantitative estimate of drug-likeness (QED) is 0.737. The molecule has 0 aromatic carbocycles. The van der Waals surface area contributed by atoms with E-state index in [0.29, 0.717) is 11.5 Å². The minimum Gasteiger partial charge on any atom is -0.468 e. The smallest absolute Gasteiger partial charge is 0.330 e. The first-order valence-electron chi connectivity index (χ1n) is 6.89. The number of sulfonamides is 1. The molecule has 0 radical (unpaired) electrons. The second-order valence-corrected chi connectivity index (χ2v) is 6.93.